The van der Waals surface area contributed by atoms with Crippen molar-refractivity contribution < 1.29 is 13.5 Å². The maximum atomic E-state index is 13.2. The average Bonchev–Trinajstić information content (AvgIpc) is 2.47. The fraction of sp³-hybridized carbons (Fsp3) is 0.0714. The van der Waals surface area contributed by atoms with E-state index in [2.05, 4.69) is 0 Å². The largest absolute Gasteiger partial charge is 0.269 e. The Kier molecular flexibility index (Phi) is 4.40. The first-order valence-electron chi connectivity index (χ1n) is 5.82. The second-order valence-electron chi connectivity index (χ2n) is 4.15. The van der Waals surface area contributed by atoms with E-state index in [0.29, 0.717) is 10.5 Å². The Morgan fingerprint density at radius 1 is 1.24 bits per heavy atom. The molecule has 0 bridgehead atoms. The lowest BCUT2D eigenvalue weighted by atomic mass is 10.1. The molecule has 21 heavy (non-hydrogen) atoms. The first kappa shape index (κ1) is 14.8. The molecule has 1 unspecified atom stereocenters. The van der Waals surface area contributed by atoms with Crippen molar-refractivity contribution in [2.24, 2.45) is 0 Å². The highest BCUT2D eigenvalue weighted by Crippen LogP contribution is 2.19. The van der Waals surface area contributed by atoms with E-state index < -0.39 is 21.5 Å². The van der Waals surface area contributed by atoms with E-state index in [-0.39, 0.29) is 17.0 Å². The van der Waals surface area contributed by atoms with Gasteiger partial charge in [0.05, 0.1) is 33.1 Å². The zero-order valence-electron chi connectivity index (χ0n) is 10.7. The molecule has 1 atom stereocenters. The predicted octanol–water partition coefficient (Wildman–Crippen LogP) is 2.91. The van der Waals surface area contributed by atoms with Gasteiger partial charge in [-0.05, 0) is 35.9 Å². The molecule has 0 aromatic heterocycles. The van der Waals surface area contributed by atoms with Crippen LogP contribution in [-0.2, 0) is 16.6 Å². The standard InChI is InChI=1S/C14H9FN2O3S/c15-12-2-1-10(8-16)11(7-12)9-21(20)14-5-3-13(4-6-14)17(18)19/h1-7H,9H2. The topological polar surface area (TPSA) is 84.0 Å². The molecule has 2 aromatic carbocycles. The van der Waals surface area contributed by atoms with Crippen LogP contribution in [-0.4, -0.2) is 9.13 Å². The van der Waals surface area contributed by atoms with Crippen LogP contribution in [0.1, 0.15) is 11.1 Å². The number of hydrogen-bond acceptors (Lipinski definition) is 4. The molecule has 0 spiro atoms. The van der Waals surface area contributed by atoms with E-state index in [0.717, 1.165) is 6.07 Å². The van der Waals surface area contributed by atoms with Gasteiger partial charge in [-0.15, -0.1) is 0 Å². The summed E-state index contributed by atoms with van der Waals surface area (Å²) >= 11 is 0. The molecule has 0 heterocycles. The van der Waals surface area contributed by atoms with Gasteiger partial charge in [-0.3, -0.25) is 14.3 Å². The van der Waals surface area contributed by atoms with E-state index in [1.165, 1.54) is 36.4 Å². The molecule has 0 aliphatic rings. The van der Waals surface area contributed by atoms with Crippen LogP contribution in [0.4, 0.5) is 10.1 Å². The fourth-order valence-electron chi connectivity index (χ4n) is 1.73. The Balaban J connectivity index is 2.24. The Hall–Kier alpha value is -2.59. The number of benzene rings is 2. The summed E-state index contributed by atoms with van der Waals surface area (Å²) in [5.41, 5.74) is 0.500. The summed E-state index contributed by atoms with van der Waals surface area (Å²) in [6.07, 6.45) is 0. The molecular weight excluding hydrogens is 295 g/mol. The molecule has 0 fully saturated rings. The first-order chi connectivity index (χ1) is 10.0. The summed E-state index contributed by atoms with van der Waals surface area (Å²) in [6, 6.07) is 10.9. The smallest absolute Gasteiger partial charge is 0.258 e. The Morgan fingerprint density at radius 3 is 2.48 bits per heavy atom. The second kappa shape index (κ2) is 6.24. The van der Waals surface area contributed by atoms with Crippen molar-refractivity contribution in [3.05, 3.63) is 69.5 Å². The van der Waals surface area contributed by atoms with Crippen molar-refractivity contribution in [3.8, 4) is 6.07 Å². The van der Waals surface area contributed by atoms with E-state index in [1.54, 1.807) is 0 Å². The van der Waals surface area contributed by atoms with Crippen molar-refractivity contribution in [3.63, 3.8) is 0 Å². The van der Waals surface area contributed by atoms with Gasteiger partial charge in [0.1, 0.15) is 5.82 Å². The van der Waals surface area contributed by atoms with Gasteiger partial charge in [0.15, 0.2) is 0 Å². The Morgan fingerprint density at radius 2 is 1.90 bits per heavy atom. The van der Waals surface area contributed by atoms with Gasteiger partial charge in [0.25, 0.3) is 5.69 Å². The molecule has 0 saturated carbocycles. The number of non-ortho nitro benzene ring substituents is 1. The lowest BCUT2D eigenvalue weighted by Crippen LogP contribution is -2.00. The molecule has 106 valence electrons. The van der Waals surface area contributed by atoms with Crippen LogP contribution < -0.4 is 0 Å². The van der Waals surface area contributed by atoms with Gasteiger partial charge in [-0.2, -0.15) is 5.26 Å². The number of halogens is 1. The number of nitrogens with zero attached hydrogens (tertiary/aromatic N) is 2. The lowest BCUT2D eigenvalue weighted by molar-refractivity contribution is -0.384. The number of nitro groups is 1. The molecule has 0 aliphatic heterocycles. The number of hydrogen-bond donors (Lipinski definition) is 0. The fourth-order valence-corrected chi connectivity index (χ4v) is 2.86. The summed E-state index contributed by atoms with van der Waals surface area (Å²) in [5.74, 6) is -0.539. The summed E-state index contributed by atoms with van der Waals surface area (Å²) in [4.78, 5) is 10.4. The quantitative estimate of drug-likeness (QED) is 0.642. The van der Waals surface area contributed by atoms with E-state index >= 15 is 0 Å². The van der Waals surface area contributed by atoms with Crippen LogP contribution in [0.25, 0.3) is 0 Å². The predicted molar refractivity (Wildman–Crippen MR) is 74.3 cm³/mol. The highest BCUT2D eigenvalue weighted by molar-refractivity contribution is 7.84. The lowest BCUT2D eigenvalue weighted by Gasteiger charge is -2.05. The molecule has 0 aliphatic carbocycles. The zero-order chi connectivity index (χ0) is 15.4. The maximum absolute atomic E-state index is 13.2. The van der Waals surface area contributed by atoms with E-state index in [1.807, 2.05) is 6.07 Å². The minimum Gasteiger partial charge on any atom is -0.258 e. The van der Waals surface area contributed by atoms with Crippen molar-refractivity contribution in [2.75, 3.05) is 0 Å². The summed E-state index contributed by atoms with van der Waals surface area (Å²) < 4.78 is 25.4. The van der Waals surface area contributed by atoms with Crippen LogP contribution >= 0.6 is 0 Å². The van der Waals surface area contributed by atoms with E-state index in [4.69, 9.17) is 5.26 Å². The molecule has 0 amide bonds. The van der Waals surface area contributed by atoms with Gasteiger partial charge in [-0.25, -0.2) is 4.39 Å². The van der Waals surface area contributed by atoms with Crippen LogP contribution in [0, 0.1) is 27.3 Å². The molecule has 5 nitrogen and oxygen atoms in total. The molecule has 2 aromatic rings. The molecule has 0 N–H and O–H groups in total. The third-order valence-electron chi connectivity index (χ3n) is 2.78. The van der Waals surface area contributed by atoms with Gasteiger partial charge in [0.2, 0.25) is 0 Å². The van der Waals surface area contributed by atoms with Gasteiger partial charge < -0.3 is 0 Å². The second-order valence-corrected chi connectivity index (χ2v) is 5.61. The zero-order valence-corrected chi connectivity index (χ0v) is 11.5. The maximum Gasteiger partial charge on any atom is 0.269 e. The van der Waals surface area contributed by atoms with Gasteiger partial charge >= 0.3 is 0 Å². The monoisotopic (exact) mass is 304 g/mol. The normalized spacial score (nSPS) is 11.6. The molecular formula is C14H9FN2O3S. The summed E-state index contributed by atoms with van der Waals surface area (Å²) in [7, 11) is -1.52. The number of nitro benzene ring substituents is 1. The number of nitriles is 1. The highest BCUT2D eigenvalue weighted by Gasteiger charge is 2.12. The minimum atomic E-state index is -1.52. The molecule has 0 saturated heterocycles. The summed E-state index contributed by atoms with van der Waals surface area (Å²) in [6.45, 7) is 0. The van der Waals surface area contributed by atoms with Crippen LogP contribution in [0.3, 0.4) is 0 Å². The first-order valence-corrected chi connectivity index (χ1v) is 7.14. The minimum absolute atomic E-state index is 0.0293. The summed E-state index contributed by atoms with van der Waals surface area (Å²) in [5, 5.41) is 19.5. The molecule has 0 radical (unpaired) electrons. The van der Waals surface area contributed by atoms with Gasteiger partial charge in [-0.1, -0.05) is 0 Å². The average molecular weight is 304 g/mol. The van der Waals surface area contributed by atoms with Crippen molar-refractivity contribution in [2.45, 2.75) is 10.6 Å². The SMILES string of the molecule is N#Cc1ccc(F)cc1CS(=O)c1ccc([N+](=O)[O-])cc1. The van der Waals surface area contributed by atoms with Gasteiger partial charge in [0, 0.05) is 17.0 Å². The van der Waals surface area contributed by atoms with Crippen molar-refractivity contribution in [1.82, 2.24) is 0 Å². The third-order valence-corrected chi connectivity index (χ3v) is 4.16. The third kappa shape index (κ3) is 3.49. The van der Waals surface area contributed by atoms with Crippen LogP contribution in [0.5, 0.6) is 0 Å². The molecule has 7 heteroatoms. The van der Waals surface area contributed by atoms with Crippen molar-refractivity contribution >= 4 is 16.5 Å². The van der Waals surface area contributed by atoms with Crippen molar-refractivity contribution in [1.29, 1.82) is 5.26 Å². The highest BCUT2D eigenvalue weighted by atomic mass is 32.2. The van der Waals surface area contributed by atoms with Crippen LogP contribution in [0.2, 0.25) is 0 Å². The van der Waals surface area contributed by atoms with E-state index in [9.17, 15) is 18.7 Å². The molecule has 2 rings (SSSR count). The Bertz CT molecular complexity index is 754. The van der Waals surface area contributed by atoms with Crippen LogP contribution in [0.15, 0.2) is 47.4 Å². The Labute approximate surface area is 122 Å². The number of rotatable bonds is 4.